The molecule has 0 aromatic heterocycles. The maximum Gasteiger partial charge on any atom is 0.310 e. The number of ether oxygens (including phenoxy) is 1. The molecule has 2 atom stereocenters. The Labute approximate surface area is 127 Å². The molecule has 0 N–H and O–H groups in total. The highest BCUT2D eigenvalue weighted by Gasteiger charge is 2.37. The van der Waals surface area contributed by atoms with Gasteiger partial charge in [-0.3, -0.25) is 9.59 Å². The van der Waals surface area contributed by atoms with Crippen LogP contribution in [0, 0.1) is 18.8 Å². The summed E-state index contributed by atoms with van der Waals surface area (Å²) in [5.41, 5.74) is 1.68. The van der Waals surface area contributed by atoms with Crippen LogP contribution in [0.4, 0.5) is 0 Å². The van der Waals surface area contributed by atoms with Gasteiger partial charge in [-0.05, 0) is 36.6 Å². The van der Waals surface area contributed by atoms with Gasteiger partial charge >= 0.3 is 5.97 Å². The van der Waals surface area contributed by atoms with E-state index in [9.17, 15) is 9.59 Å². The summed E-state index contributed by atoms with van der Waals surface area (Å²) in [7, 11) is 1.39. The van der Waals surface area contributed by atoms with Crippen molar-refractivity contribution < 1.29 is 14.3 Å². The van der Waals surface area contributed by atoms with E-state index in [4.69, 9.17) is 4.74 Å². The largest absolute Gasteiger partial charge is 0.469 e. The van der Waals surface area contributed by atoms with Gasteiger partial charge in [-0.25, -0.2) is 0 Å². The molecular formula is C15H18BrNO3. The molecule has 0 saturated carbocycles. The number of rotatable bonds is 2. The van der Waals surface area contributed by atoms with Crippen molar-refractivity contribution >= 4 is 27.8 Å². The number of benzene rings is 1. The third-order valence-electron chi connectivity index (χ3n) is 3.81. The van der Waals surface area contributed by atoms with Gasteiger partial charge in [0.1, 0.15) is 0 Å². The molecule has 1 amide bonds. The highest BCUT2D eigenvalue weighted by atomic mass is 79.9. The van der Waals surface area contributed by atoms with Crippen molar-refractivity contribution in [2.45, 2.75) is 13.8 Å². The predicted octanol–water partition coefficient (Wildman–Crippen LogP) is 2.64. The molecule has 2 rings (SSSR count). The second-order valence-electron chi connectivity index (χ2n) is 5.28. The highest BCUT2D eigenvalue weighted by Crippen LogP contribution is 2.26. The molecule has 1 aromatic carbocycles. The zero-order valence-corrected chi connectivity index (χ0v) is 13.4. The van der Waals surface area contributed by atoms with Gasteiger partial charge < -0.3 is 9.64 Å². The molecule has 1 aliphatic rings. The van der Waals surface area contributed by atoms with Gasteiger partial charge in [-0.1, -0.05) is 22.9 Å². The van der Waals surface area contributed by atoms with Crippen LogP contribution in [0.25, 0.3) is 0 Å². The summed E-state index contributed by atoms with van der Waals surface area (Å²) in [6, 6.07) is 5.54. The third kappa shape index (κ3) is 2.87. The maximum absolute atomic E-state index is 12.5. The van der Waals surface area contributed by atoms with E-state index in [1.54, 1.807) is 11.0 Å². The SMILES string of the molecule is COC(=O)C1CN(C(=O)c2ccc(Br)c(C)c2)CC1C. The average molecular weight is 340 g/mol. The minimum absolute atomic E-state index is 0.0288. The number of hydrogen-bond acceptors (Lipinski definition) is 3. The zero-order valence-electron chi connectivity index (χ0n) is 11.9. The number of aryl methyl sites for hydroxylation is 1. The first-order chi connectivity index (χ1) is 9.43. The Kier molecular flexibility index (Phi) is 4.48. The Morgan fingerprint density at radius 1 is 1.35 bits per heavy atom. The molecule has 108 valence electrons. The number of halogens is 1. The van der Waals surface area contributed by atoms with Crippen molar-refractivity contribution in [1.82, 2.24) is 4.90 Å². The third-order valence-corrected chi connectivity index (χ3v) is 4.70. The molecule has 0 radical (unpaired) electrons. The Morgan fingerprint density at radius 2 is 2.05 bits per heavy atom. The van der Waals surface area contributed by atoms with Crippen molar-refractivity contribution in [3.8, 4) is 0 Å². The Morgan fingerprint density at radius 3 is 2.65 bits per heavy atom. The summed E-state index contributed by atoms with van der Waals surface area (Å²) < 4.78 is 5.77. The topological polar surface area (TPSA) is 46.6 Å². The van der Waals surface area contributed by atoms with Gasteiger partial charge in [0.25, 0.3) is 5.91 Å². The summed E-state index contributed by atoms with van der Waals surface area (Å²) in [6.07, 6.45) is 0. The van der Waals surface area contributed by atoms with Crippen LogP contribution in [0.2, 0.25) is 0 Å². The molecule has 1 fully saturated rings. The van der Waals surface area contributed by atoms with E-state index in [0.717, 1.165) is 10.0 Å². The van der Waals surface area contributed by atoms with Crippen LogP contribution in [0.5, 0.6) is 0 Å². The minimum atomic E-state index is -0.236. The Bertz CT molecular complexity index is 544. The van der Waals surface area contributed by atoms with E-state index in [1.807, 2.05) is 26.0 Å². The first-order valence-electron chi connectivity index (χ1n) is 6.57. The fourth-order valence-corrected chi connectivity index (χ4v) is 2.80. The quantitative estimate of drug-likeness (QED) is 0.778. The molecule has 0 bridgehead atoms. The lowest BCUT2D eigenvalue weighted by molar-refractivity contribution is -0.146. The van der Waals surface area contributed by atoms with Crippen LogP contribution in [0.3, 0.4) is 0 Å². The fraction of sp³-hybridized carbons (Fsp3) is 0.467. The first kappa shape index (κ1) is 15.0. The molecule has 2 unspecified atom stereocenters. The molecule has 1 saturated heterocycles. The summed E-state index contributed by atoms with van der Waals surface area (Å²) in [6.45, 7) is 4.95. The van der Waals surface area contributed by atoms with Crippen LogP contribution in [-0.2, 0) is 9.53 Å². The summed E-state index contributed by atoms with van der Waals surface area (Å²) in [5, 5.41) is 0. The van der Waals surface area contributed by atoms with E-state index in [-0.39, 0.29) is 23.7 Å². The van der Waals surface area contributed by atoms with E-state index in [1.165, 1.54) is 7.11 Å². The fourth-order valence-electron chi connectivity index (χ4n) is 2.55. The van der Waals surface area contributed by atoms with Crippen LogP contribution < -0.4 is 0 Å². The minimum Gasteiger partial charge on any atom is -0.469 e. The summed E-state index contributed by atoms with van der Waals surface area (Å²) in [5.74, 6) is -0.359. The molecule has 4 nitrogen and oxygen atoms in total. The molecule has 1 aliphatic heterocycles. The zero-order chi connectivity index (χ0) is 14.9. The van der Waals surface area contributed by atoms with E-state index in [2.05, 4.69) is 15.9 Å². The lowest BCUT2D eigenvalue weighted by Gasteiger charge is -2.16. The standard InChI is InChI=1S/C15H18BrNO3/c1-9-6-11(4-5-13(9)16)14(18)17-7-10(2)12(8-17)15(19)20-3/h4-6,10,12H,7-8H2,1-3H3. The summed E-state index contributed by atoms with van der Waals surface area (Å²) in [4.78, 5) is 25.9. The molecule has 5 heteroatoms. The van der Waals surface area contributed by atoms with Gasteiger partial charge in [0.05, 0.1) is 13.0 Å². The first-order valence-corrected chi connectivity index (χ1v) is 7.36. The number of amides is 1. The summed E-state index contributed by atoms with van der Waals surface area (Å²) >= 11 is 3.42. The van der Waals surface area contributed by atoms with Gasteiger partial charge in [0.15, 0.2) is 0 Å². The maximum atomic E-state index is 12.5. The molecule has 1 aromatic rings. The van der Waals surface area contributed by atoms with Crippen molar-refractivity contribution in [2.24, 2.45) is 11.8 Å². The van der Waals surface area contributed by atoms with Crippen molar-refractivity contribution in [2.75, 3.05) is 20.2 Å². The molecule has 20 heavy (non-hydrogen) atoms. The van der Waals surface area contributed by atoms with Gasteiger partial charge in [0.2, 0.25) is 0 Å². The van der Waals surface area contributed by atoms with Crippen molar-refractivity contribution in [1.29, 1.82) is 0 Å². The van der Waals surface area contributed by atoms with Crippen molar-refractivity contribution in [3.05, 3.63) is 33.8 Å². The second-order valence-corrected chi connectivity index (χ2v) is 6.14. The molecule has 0 spiro atoms. The van der Waals surface area contributed by atoms with E-state index in [0.29, 0.717) is 18.7 Å². The lowest BCUT2D eigenvalue weighted by atomic mass is 9.99. The molecule has 1 heterocycles. The smallest absolute Gasteiger partial charge is 0.310 e. The number of esters is 1. The van der Waals surface area contributed by atoms with Crippen LogP contribution in [0.1, 0.15) is 22.8 Å². The monoisotopic (exact) mass is 339 g/mol. The van der Waals surface area contributed by atoms with Crippen LogP contribution in [0.15, 0.2) is 22.7 Å². The van der Waals surface area contributed by atoms with E-state index < -0.39 is 0 Å². The van der Waals surface area contributed by atoms with E-state index >= 15 is 0 Å². The molecular weight excluding hydrogens is 322 g/mol. The van der Waals surface area contributed by atoms with Gasteiger partial charge in [-0.2, -0.15) is 0 Å². The Hall–Kier alpha value is -1.36. The number of hydrogen-bond donors (Lipinski definition) is 0. The number of nitrogens with zero attached hydrogens (tertiary/aromatic N) is 1. The number of likely N-dealkylation sites (tertiary alicyclic amines) is 1. The predicted molar refractivity (Wildman–Crippen MR) is 79.5 cm³/mol. The second kappa shape index (κ2) is 5.95. The van der Waals surface area contributed by atoms with Crippen LogP contribution in [-0.4, -0.2) is 37.0 Å². The average Bonchev–Trinajstić information content (AvgIpc) is 2.82. The van der Waals surface area contributed by atoms with Crippen molar-refractivity contribution in [3.63, 3.8) is 0 Å². The number of carbonyl (C=O) groups is 2. The van der Waals surface area contributed by atoms with Gasteiger partial charge in [-0.15, -0.1) is 0 Å². The van der Waals surface area contributed by atoms with Gasteiger partial charge in [0, 0.05) is 23.1 Å². The Balaban J connectivity index is 2.14. The highest BCUT2D eigenvalue weighted by molar-refractivity contribution is 9.10. The number of carbonyl (C=O) groups excluding carboxylic acids is 2. The molecule has 0 aliphatic carbocycles. The van der Waals surface area contributed by atoms with Crippen LogP contribution >= 0.6 is 15.9 Å². The number of methoxy groups -OCH3 is 1. The lowest BCUT2D eigenvalue weighted by Crippen LogP contribution is -2.30. The normalized spacial score (nSPS) is 21.9.